The highest BCUT2D eigenvalue weighted by molar-refractivity contribution is 6.32. The molecule has 0 unspecified atom stereocenters. The number of carbonyl (C=O) groups is 1. The van der Waals surface area contributed by atoms with E-state index in [1.54, 1.807) is 4.52 Å². The third-order valence-corrected chi connectivity index (χ3v) is 6.31. The van der Waals surface area contributed by atoms with Gasteiger partial charge in [-0.25, -0.2) is 9.50 Å². The minimum Gasteiger partial charge on any atom is -0.338 e. The standard InChI is InChI=1S/C21H24ClN5O/c1-12-5-6-26(20(28)16-7-13(2)19(22)14(3)8-16)10-17(12)18-9-15(4)25-21-23-11-24-27(18)21/h7-9,11-12,17H,5-6,10H2,1-4H3/t12-,17-/m0/s1. The maximum absolute atomic E-state index is 13.2. The van der Waals surface area contributed by atoms with Gasteiger partial charge in [-0.1, -0.05) is 18.5 Å². The molecular formula is C21H24ClN5O. The van der Waals surface area contributed by atoms with Crippen LogP contribution >= 0.6 is 11.6 Å². The number of amides is 1. The minimum atomic E-state index is 0.0559. The van der Waals surface area contributed by atoms with E-state index >= 15 is 0 Å². The molecule has 1 aliphatic heterocycles. The number of hydrogen-bond acceptors (Lipinski definition) is 4. The minimum absolute atomic E-state index is 0.0559. The second-order valence-electron chi connectivity index (χ2n) is 7.84. The number of rotatable bonds is 2. The van der Waals surface area contributed by atoms with Gasteiger partial charge in [-0.05, 0) is 62.4 Å². The summed E-state index contributed by atoms with van der Waals surface area (Å²) in [7, 11) is 0. The van der Waals surface area contributed by atoms with Crippen molar-refractivity contribution in [3.8, 4) is 0 Å². The lowest BCUT2D eigenvalue weighted by Crippen LogP contribution is -2.42. The van der Waals surface area contributed by atoms with E-state index in [4.69, 9.17) is 11.6 Å². The van der Waals surface area contributed by atoms with Crippen LogP contribution in [0.5, 0.6) is 0 Å². The van der Waals surface area contributed by atoms with E-state index in [0.29, 0.717) is 23.8 Å². The molecule has 0 aliphatic carbocycles. The molecule has 4 rings (SSSR count). The van der Waals surface area contributed by atoms with Gasteiger partial charge in [0, 0.05) is 35.3 Å². The Morgan fingerprint density at radius 3 is 2.61 bits per heavy atom. The number of hydrogen-bond donors (Lipinski definition) is 0. The number of carbonyl (C=O) groups excluding carboxylic acids is 1. The Morgan fingerprint density at radius 2 is 1.89 bits per heavy atom. The van der Waals surface area contributed by atoms with Crippen molar-refractivity contribution in [3.05, 3.63) is 57.6 Å². The monoisotopic (exact) mass is 397 g/mol. The normalized spacial score (nSPS) is 20.0. The predicted molar refractivity (Wildman–Crippen MR) is 109 cm³/mol. The largest absolute Gasteiger partial charge is 0.338 e. The topological polar surface area (TPSA) is 63.4 Å². The maximum atomic E-state index is 13.2. The van der Waals surface area contributed by atoms with E-state index in [9.17, 15) is 4.79 Å². The van der Waals surface area contributed by atoms with Crippen LogP contribution in [0.15, 0.2) is 24.5 Å². The van der Waals surface area contributed by atoms with Gasteiger partial charge in [-0.3, -0.25) is 4.79 Å². The van der Waals surface area contributed by atoms with Crippen LogP contribution in [-0.2, 0) is 0 Å². The Hall–Kier alpha value is -2.47. The summed E-state index contributed by atoms with van der Waals surface area (Å²) >= 11 is 6.28. The van der Waals surface area contributed by atoms with Crippen molar-refractivity contribution in [2.75, 3.05) is 13.1 Å². The third-order valence-electron chi connectivity index (χ3n) is 5.72. The van der Waals surface area contributed by atoms with Crippen molar-refractivity contribution in [1.82, 2.24) is 24.5 Å². The summed E-state index contributed by atoms with van der Waals surface area (Å²) < 4.78 is 1.80. The summed E-state index contributed by atoms with van der Waals surface area (Å²) in [4.78, 5) is 23.8. The Bertz CT molecular complexity index is 1040. The molecule has 0 radical (unpaired) electrons. The van der Waals surface area contributed by atoms with Crippen molar-refractivity contribution in [3.63, 3.8) is 0 Å². The number of benzene rings is 1. The molecule has 2 atom stereocenters. The lowest BCUT2D eigenvalue weighted by atomic mass is 9.84. The molecule has 0 saturated carbocycles. The first-order chi connectivity index (χ1) is 13.3. The summed E-state index contributed by atoms with van der Waals surface area (Å²) in [6.07, 6.45) is 2.47. The van der Waals surface area contributed by atoms with Crippen LogP contribution in [0.1, 0.15) is 52.1 Å². The summed E-state index contributed by atoms with van der Waals surface area (Å²) in [5.41, 5.74) is 4.54. The van der Waals surface area contributed by atoms with Crippen molar-refractivity contribution < 1.29 is 4.79 Å². The van der Waals surface area contributed by atoms with Crippen LogP contribution in [-0.4, -0.2) is 43.5 Å². The molecule has 0 N–H and O–H groups in total. The molecule has 28 heavy (non-hydrogen) atoms. The molecule has 1 saturated heterocycles. The summed E-state index contributed by atoms with van der Waals surface area (Å²) in [6, 6.07) is 5.83. The van der Waals surface area contributed by atoms with Crippen LogP contribution < -0.4 is 0 Å². The number of aryl methyl sites for hydroxylation is 3. The number of halogens is 1. The first-order valence-corrected chi connectivity index (χ1v) is 9.96. The summed E-state index contributed by atoms with van der Waals surface area (Å²) in [5.74, 6) is 1.28. The van der Waals surface area contributed by atoms with Gasteiger partial charge in [0.2, 0.25) is 0 Å². The van der Waals surface area contributed by atoms with E-state index < -0.39 is 0 Å². The van der Waals surface area contributed by atoms with Crippen LogP contribution in [0, 0.1) is 26.7 Å². The molecule has 0 bridgehead atoms. The molecule has 6 nitrogen and oxygen atoms in total. The lowest BCUT2D eigenvalue weighted by Gasteiger charge is -2.37. The first-order valence-electron chi connectivity index (χ1n) is 9.58. The molecule has 3 heterocycles. The molecule has 1 aliphatic rings. The van der Waals surface area contributed by atoms with Crippen LogP contribution in [0.3, 0.4) is 0 Å². The number of likely N-dealkylation sites (tertiary alicyclic amines) is 1. The second-order valence-corrected chi connectivity index (χ2v) is 8.22. The van der Waals surface area contributed by atoms with Gasteiger partial charge in [-0.15, -0.1) is 0 Å². The zero-order valence-electron chi connectivity index (χ0n) is 16.6. The summed E-state index contributed by atoms with van der Waals surface area (Å²) in [5, 5.41) is 5.08. The molecule has 1 fully saturated rings. The highest BCUT2D eigenvalue weighted by Gasteiger charge is 2.32. The first kappa shape index (κ1) is 18.9. The van der Waals surface area contributed by atoms with Gasteiger partial charge in [0.05, 0.1) is 5.69 Å². The maximum Gasteiger partial charge on any atom is 0.253 e. The number of piperidine rings is 1. The molecule has 1 aromatic carbocycles. The van der Waals surface area contributed by atoms with Crippen molar-refractivity contribution in [2.24, 2.45) is 5.92 Å². The predicted octanol–water partition coefficient (Wildman–Crippen LogP) is 3.97. The Labute approximate surface area is 169 Å². The van der Waals surface area contributed by atoms with E-state index in [-0.39, 0.29) is 11.8 Å². The van der Waals surface area contributed by atoms with Gasteiger partial charge in [-0.2, -0.15) is 10.1 Å². The van der Waals surface area contributed by atoms with E-state index in [2.05, 4.69) is 28.1 Å². The fourth-order valence-electron chi connectivity index (χ4n) is 4.11. The van der Waals surface area contributed by atoms with Crippen LogP contribution in [0.2, 0.25) is 5.02 Å². The Balaban J connectivity index is 1.67. The summed E-state index contributed by atoms with van der Waals surface area (Å²) in [6.45, 7) is 9.49. The van der Waals surface area contributed by atoms with Gasteiger partial charge in [0.1, 0.15) is 6.33 Å². The van der Waals surface area contributed by atoms with Crippen molar-refractivity contribution in [1.29, 1.82) is 0 Å². The average Bonchev–Trinajstić information content (AvgIpc) is 3.13. The molecule has 3 aromatic rings. The molecule has 146 valence electrons. The zero-order chi connectivity index (χ0) is 20.0. The van der Waals surface area contributed by atoms with Gasteiger partial charge < -0.3 is 4.90 Å². The number of fused-ring (bicyclic) bond motifs is 1. The number of nitrogens with zero attached hydrogens (tertiary/aromatic N) is 5. The molecular weight excluding hydrogens is 374 g/mol. The van der Waals surface area contributed by atoms with Crippen LogP contribution in [0.4, 0.5) is 0 Å². The van der Waals surface area contributed by atoms with Gasteiger partial charge in [0.25, 0.3) is 11.7 Å². The average molecular weight is 398 g/mol. The number of aromatic nitrogens is 4. The molecule has 1 amide bonds. The SMILES string of the molecule is Cc1cc([C@H]2CN(C(=O)c3cc(C)c(Cl)c(C)c3)CC[C@@H]2C)n2ncnc2n1. The quantitative estimate of drug-likeness (QED) is 0.656. The van der Waals surface area contributed by atoms with Gasteiger partial charge >= 0.3 is 0 Å². The van der Waals surface area contributed by atoms with E-state index in [0.717, 1.165) is 40.5 Å². The molecule has 2 aromatic heterocycles. The fourth-order valence-corrected chi connectivity index (χ4v) is 4.22. The van der Waals surface area contributed by atoms with E-state index in [1.165, 1.54) is 6.33 Å². The zero-order valence-corrected chi connectivity index (χ0v) is 17.4. The molecule has 0 spiro atoms. The Morgan fingerprint density at radius 1 is 1.18 bits per heavy atom. The van der Waals surface area contributed by atoms with Crippen molar-refractivity contribution >= 4 is 23.3 Å². The van der Waals surface area contributed by atoms with Crippen LogP contribution in [0.25, 0.3) is 5.78 Å². The smallest absolute Gasteiger partial charge is 0.253 e. The molecule has 7 heteroatoms. The second kappa shape index (κ2) is 7.17. The highest BCUT2D eigenvalue weighted by Crippen LogP contribution is 2.33. The van der Waals surface area contributed by atoms with Gasteiger partial charge in [0.15, 0.2) is 0 Å². The van der Waals surface area contributed by atoms with E-state index in [1.807, 2.05) is 37.8 Å². The lowest BCUT2D eigenvalue weighted by molar-refractivity contribution is 0.0666. The Kier molecular flexibility index (Phi) is 4.83. The fraction of sp³-hybridized carbons (Fsp3) is 0.429. The third kappa shape index (κ3) is 3.26. The van der Waals surface area contributed by atoms with Crippen molar-refractivity contribution in [2.45, 2.75) is 40.0 Å². The highest BCUT2D eigenvalue weighted by atomic mass is 35.5.